The lowest BCUT2D eigenvalue weighted by molar-refractivity contribution is 0.0556. The number of amides is 1. The highest BCUT2D eigenvalue weighted by molar-refractivity contribution is 5.94. The molecule has 6 heteroatoms. The molecule has 1 aromatic carbocycles. The fourth-order valence-corrected chi connectivity index (χ4v) is 4.32. The third-order valence-electron chi connectivity index (χ3n) is 5.58. The van der Waals surface area contributed by atoms with Gasteiger partial charge in [-0.05, 0) is 42.0 Å². The van der Waals surface area contributed by atoms with Crippen molar-refractivity contribution in [3.8, 4) is 0 Å². The Balaban J connectivity index is 1.44. The summed E-state index contributed by atoms with van der Waals surface area (Å²) in [5, 5.41) is 0. The Morgan fingerprint density at radius 3 is 2.59 bits per heavy atom. The number of nitrogens with zero attached hydrogens (tertiary/aromatic N) is 3. The number of hydrogen-bond donors (Lipinski definition) is 0. The third kappa shape index (κ3) is 2.86. The molecule has 2 atom stereocenters. The van der Waals surface area contributed by atoms with Gasteiger partial charge in [-0.15, -0.1) is 0 Å². The van der Waals surface area contributed by atoms with E-state index in [-0.39, 0.29) is 23.8 Å². The van der Waals surface area contributed by atoms with Crippen LogP contribution in [-0.2, 0) is 13.1 Å². The van der Waals surface area contributed by atoms with Crippen LogP contribution in [0.5, 0.6) is 0 Å². The van der Waals surface area contributed by atoms with E-state index in [2.05, 4.69) is 9.47 Å². The molecular formula is C21H20FN3O2. The van der Waals surface area contributed by atoms with Crippen LogP contribution in [-0.4, -0.2) is 39.4 Å². The molecule has 0 bridgehead atoms. The van der Waals surface area contributed by atoms with Crippen LogP contribution in [0.3, 0.4) is 0 Å². The van der Waals surface area contributed by atoms with Gasteiger partial charge in [-0.2, -0.15) is 0 Å². The number of furan rings is 1. The molecule has 2 aromatic heterocycles. The zero-order valence-corrected chi connectivity index (χ0v) is 14.8. The van der Waals surface area contributed by atoms with Crippen molar-refractivity contribution in [3.63, 3.8) is 0 Å². The molecule has 0 N–H and O–H groups in total. The minimum atomic E-state index is -0.263. The quantitative estimate of drug-likeness (QED) is 0.712. The van der Waals surface area contributed by atoms with Crippen molar-refractivity contribution in [3.05, 3.63) is 83.8 Å². The molecule has 0 radical (unpaired) electrons. The van der Waals surface area contributed by atoms with Crippen LogP contribution in [0.2, 0.25) is 0 Å². The maximum absolute atomic E-state index is 13.2. The van der Waals surface area contributed by atoms with Gasteiger partial charge in [-0.25, -0.2) is 4.39 Å². The monoisotopic (exact) mass is 365 g/mol. The van der Waals surface area contributed by atoms with Crippen molar-refractivity contribution in [2.45, 2.75) is 25.2 Å². The van der Waals surface area contributed by atoms with Crippen LogP contribution in [0.4, 0.5) is 4.39 Å². The van der Waals surface area contributed by atoms with Crippen LogP contribution < -0.4 is 0 Å². The summed E-state index contributed by atoms with van der Waals surface area (Å²) in [6.07, 6.45) is 3.68. The van der Waals surface area contributed by atoms with Gasteiger partial charge in [0.05, 0.1) is 24.9 Å². The molecule has 4 heterocycles. The number of likely N-dealkylation sites (tertiary alicyclic amines) is 1. The second kappa shape index (κ2) is 6.39. The largest absolute Gasteiger partial charge is 0.468 e. The minimum absolute atomic E-state index is 0.0328. The molecule has 5 nitrogen and oxygen atoms in total. The average Bonchev–Trinajstić information content (AvgIpc) is 3.40. The zero-order valence-electron chi connectivity index (χ0n) is 14.8. The van der Waals surface area contributed by atoms with E-state index in [0.29, 0.717) is 6.54 Å². The number of rotatable bonds is 4. The number of fused-ring (bicyclic) bond motifs is 3. The fraction of sp³-hybridized carbons (Fsp3) is 0.286. The molecule has 5 rings (SSSR count). The molecular weight excluding hydrogens is 345 g/mol. The van der Waals surface area contributed by atoms with Gasteiger partial charge >= 0.3 is 0 Å². The standard InChI is InChI=1S/C21H20FN3O2/c22-16-7-5-15(6-8-16)11-25-20-14-23(12-17-3-2-10-27-17)13-19(20)24-9-1-4-18(24)21(25)26/h1-10,19-20H,11-14H2/t19-,20+/m1/s1. The van der Waals surface area contributed by atoms with E-state index >= 15 is 0 Å². The Kier molecular flexibility index (Phi) is 3.86. The smallest absolute Gasteiger partial charge is 0.271 e. The molecule has 0 spiro atoms. The lowest BCUT2D eigenvalue weighted by Crippen LogP contribution is -2.49. The van der Waals surface area contributed by atoms with Crippen molar-refractivity contribution in [2.24, 2.45) is 0 Å². The average molecular weight is 365 g/mol. The van der Waals surface area contributed by atoms with Crippen LogP contribution in [0.15, 0.2) is 65.4 Å². The van der Waals surface area contributed by atoms with Gasteiger partial charge in [0.15, 0.2) is 0 Å². The van der Waals surface area contributed by atoms with Gasteiger partial charge in [-0.3, -0.25) is 9.69 Å². The number of hydrogen-bond acceptors (Lipinski definition) is 3. The summed E-state index contributed by atoms with van der Waals surface area (Å²) in [4.78, 5) is 17.4. The fourth-order valence-electron chi connectivity index (χ4n) is 4.32. The van der Waals surface area contributed by atoms with E-state index in [1.807, 2.05) is 35.4 Å². The van der Waals surface area contributed by atoms with E-state index in [4.69, 9.17) is 4.42 Å². The van der Waals surface area contributed by atoms with Crippen molar-refractivity contribution in [2.75, 3.05) is 13.1 Å². The summed E-state index contributed by atoms with van der Waals surface area (Å²) in [6, 6.07) is 14.4. The van der Waals surface area contributed by atoms with E-state index in [9.17, 15) is 9.18 Å². The molecule has 1 saturated heterocycles. The van der Waals surface area contributed by atoms with Crippen molar-refractivity contribution in [1.82, 2.24) is 14.4 Å². The van der Waals surface area contributed by atoms with E-state index in [0.717, 1.165) is 36.7 Å². The van der Waals surface area contributed by atoms with Crippen LogP contribution in [0, 0.1) is 5.82 Å². The summed E-state index contributed by atoms with van der Waals surface area (Å²) in [5.41, 5.74) is 1.66. The van der Waals surface area contributed by atoms with E-state index in [1.165, 1.54) is 12.1 Å². The van der Waals surface area contributed by atoms with Gasteiger partial charge < -0.3 is 13.9 Å². The molecule has 0 saturated carbocycles. The normalized spacial score (nSPS) is 22.1. The Bertz CT molecular complexity index is 948. The topological polar surface area (TPSA) is 41.6 Å². The molecule has 1 amide bonds. The predicted molar refractivity (Wildman–Crippen MR) is 97.5 cm³/mol. The second-order valence-electron chi connectivity index (χ2n) is 7.27. The summed E-state index contributed by atoms with van der Waals surface area (Å²) in [6.45, 7) is 2.87. The highest BCUT2D eigenvalue weighted by atomic mass is 19.1. The molecule has 2 aliphatic rings. The Labute approximate surface area is 156 Å². The molecule has 1 fully saturated rings. The molecule has 3 aromatic rings. The first-order valence-electron chi connectivity index (χ1n) is 9.16. The highest BCUT2D eigenvalue weighted by Crippen LogP contribution is 2.35. The van der Waals surface area contributed by atoms with E-state index < -0.39 is 0 Å². The summed E-state index contributed by atoms with van der Waals surface area (Å²) in [5.74, 6) is 0.698. The Morgan fingerprint density at radius 2 is 1.81 bits per heavy atom. The lowest BCUT2D eigenvalue weighted by atomic mass is 10.0. The highest BCUT2D eigenvalue weighted by Gasteiger charge is 2.44. The molecule has 138 valence electrons. The van der Waals surface area contributed by atoms with Crippen molar-refractivity contribution >= 4 is 5.91 Å². The first-order valence-corrected chi connectivity index (χ1v) is 9.16. The van der Waals surface area contributed by atoms with Gasteiger partial charge in [0.2, 0.25) is 0 Å². The maximum Gasteiger partial charge on any atom is 0.271 e. The first-order chi connectivity index (χ1) is 13.2. The maximum atomic E-state index is 13.2. The van der Waals surface area contributed by atoms with Crippen LogP contribution in [0.1, 0.15) is 27.9 Å². The molecule has 27 heavy (non-hydrogen) atoms. The SMILES string of the molecule is O=C1c2cccn2[C@@H]2CN(Cc3ccco3)C[C@@H]2N1Cc1ccc(F)cc1. The second-order valence-corrected chi connectivity index (χ2v) is 7.27. The Morgan fingerprint density at radius 1 is 1.00 bits per heavy atom. The number of carbonyl (C=O) groups excluding carboxylic acids is 1. The lowest BCUT2D eigenvalue weighted by Gasteiger charge is -2.38. The third-order valence-corrected chi connectivity index (χ3v) is 5.58. The van der Waals surface area contributed by atoms with Gasteiger partial charge in [0.1, 0.15) is 17.3 Å². The Hall–Kier alpha value is -2.86. The van der Waals surface area contributed by atoms with Gasteiger partial charge in [0.25, 0.3) is 5.91 Å². The van der Waals surface area contributed by atoms with E-state index in [1.54, 1.807) is 18.4 Å². The first kappa shape index (κ1) is 16.3. The van der Waals surface area contributed by atoms with Crippen LogP contribution >= 0.6 is 0 Å². The van der Waals surface area contributed by atoms with Gasteiger partial charge in [0, 0.05) is 25.8 Å². The molecule has 0 unspecified atom stereocenters. The summed E-state index contributed by atoms with van der Waals surface area (Å²) >= 11 is 0. The summed E-state index contributed by atoms with van der Waals surface area (Å²) in [7, 11) is 0. The number of aromatic nitrogens is 1. The van der Waals surface area contributed by atoms with Crippen LogP contribution in [0.25, 0.3) is 0 Å². The predicted octanol–water partition coefficient (Wildman–Crippen LogP) is 3.30. The number of carbonyl (C=O) groups is 1. The summed E-state index contributed by atoms with van der Waals surface area (Å²) < 4.78 is 20.8. The van der Waals surface area contributed by atoms with Crippen molar-refractivity contribution in [1.29, 1.82) is 0 Å². The zero-order chi connectivity index (χ0) is 18.4. The number of halogens is 1. The molecule has 0 aliphatic carbocycles. The van der Waals surface area contributed by atoms with Gasteiger partial charge in [-0.1, -0.05) is 12.1 Å². The molecule has 2 aliphatic heterocycles. The number of benzene rings is 1. The van der Waals surface area contributed by atoms with Crippen molar-refractivity contribution < 1.29 is 13.6 Å². The minimum Gasteiger partial charge on any atom is -0.468 e.